The maximum absolute atomic E-state index is 6.07. The van der Waals surface area contributed by atoms with Gasteiger partial charge in [-0.2, -0.15) is 0 Å². The van der Waals surface area contributed by atoms with Crippen LogP contribution in [0, 0.1) is 5.92 Å². The van der Waals surface area contributed by atoms with Crippen molar-refractivity contribution in [2.45, 2.75) is 13.0 Å². The van der Waals surface area contributed by atoms with Crippen LogP contribution in [-0.4, -0.2) is 81.7 Å². The molecule has 0 N–H and O–H groups in total. The second-order valence-corrected chi connectivity index (χ2v) is 8.82. The van der Waals surface area contributed by atoms with Crippen LogP contribution in [0.25, 0.3) is 6.08 Å². The van der Waals surface area contributed by atoms with E-state index in [1.165, 1.54) is 5.57 Å². The lowest BCUT2D eigenvalue weighted by Crippen LogP contribution is -2.50. The van der Waals surface area contributed by atoms with E-state index < -0.39 is 0 Å². The number of piperazine rings is 1. The van der Waals surface area contributed by atoms with Gasteiger partial charge < -0.3 is 23.5 Å². The summed E-state index contributed by atoms with van der Waals surface area (Å²) in [5, 5.41) is 4.45. The Labute approximate surface area is 194 Å². The van der Waals surface area contributed by atoms with Crippen LogP contribution in [0.1, 0.15) is 18.2 Å². The molecule has 2 atom stereocenters. The molecule has 0 unspecified atom stereocenters. The van der Waals surface area contributed by atoms with Gasteiger partial charge in [-0.1, -0.05) is 10.7 Å². The predicted octanol–water partition coefficient (Wildman–Crippen LogP) is 3.13. The third kappa shape index (κ3) is 4.58. The minimum absolute atomic E-state index is 0.00613. The number of oxime groups is 1. The zero-order valence-electron chi connectivity index (χ0n) is 19.5. The molecule has 0 spiro atoms. The lowest BCUT2D eigenvalue weighted by Gasteiger charge is -2.36. The first-order valence-corrected chi connectivity index (χ1v) is 11.4. The zero-order valence-corrected chi connectivity index (χ0v) is 19.5. The Morgan fingerprint density at radius 2 is 1.88 bits per heavy atom. The van der Waals surface area contributed by atoms with Crippen molar-refractivity contribution in [1.29, 1.82) is 0 Å². The fraction of sp³-hybridized carbons (Fsp3) is 0.480. The smallest absolute Gasteiger partial charge is 0.164 e. The molecule has 1 aromatic carbocycles. The number of hydrogen-bond acceptors (Lipinski definition) is 8. The SMILES string of the molecule is COc1cc2c(cc1OC)C1=NO[C@@H](CN3CCN(C/C(C)=C/c4ccco4)CC3)[C@@H]1CO2. The molecule has 3 aliphatic heterocycles. The Hall–Kier alpha value is -2.97. The molecular formula is C25H31N3O5. The quantitative estimate of drug-likeness (QED) is 0.638. The molecule has 33 heavy (non-hydrogen) atoms. The monoisotopic (exact) mass is 453 g/mol. The van der Waals surface area contributed by atoms with Crippen molar-refractivity contribution >= 4 is 11.8 Å². The van der Waals surface area contributed by atoms with Crippen molar-refractivity contribution in [2.75, 3.05) is 60.1 Å². The molecule has 0 amide bonds. The number of ether oxygens (including phenoxy) is 3. The Kier molecular flexibility index (Phi) is 6.28. The topological polar surface area (TPSA) is 68.9 Å². The third-order valence-corrected chi connectivity index (χ3v) is 6.57. The molecule has 1 fully saturated rings. The van der Waals surface area contributed by atoms with E-state index >= 15 is 0 Å². The van der Waals surface area contributed by atoms with E-state index in [-0.39, 0.29) is 12.0 Å². The molecule has 1 saturated heterocycles. The van der Waals surface area contributed by atoms with Crippen molar-refractivity contribution in [1.82, 2.24) is 9.80 Å². The Bertz CT molecular complexity index is 1020. The molecule has 8 nitrogen and oxygen atoms in total. The zero-order chi connectivity index (χ0) is 22.8. The number of rotatable bonds is 7. The summed E-state index contributed by atoms with van der Waals surface area (Å²) in [4.78, 5) is 10.9. The van der Waals surface area contributed by atoms with Crippen molar-refractivity contribution in [3.8, 4) is 17.2 Å². The maximum atomic E-state index is 6.07. The van der Waals surface area contributed by atoms with Crippen molar-refractivity contribution in [3.05, 3.63) is 47.4 Å². The highest BCUT2D eigenvalue weighted by Crippen LogP contribution is 2.40. The van der Waals surface area contributed by atoms with Crippen molar-refractivity contribution in [3.63, 3.8) is 0 Å². The second kappa shape index (κ2) is 9.49. The number of hydrogen-bond donors (Lipinski definition) is 0. The Morgan fingerprint density at radius 3 is 2.61 bits per heavy atom. The normalized spacial score (nSPS) is 23.2. The molecular weight excluding hydrogens is 422 g/mol. The summed E-state index contributed by atoms with van der Waals surface area (Å²) in [6.45, 7) is 8.61. The van der Waals surface area contributed by atoms with Gasteiger partial charge in [-0.15, -0.1) is 0 Å². The minimum Gasteiger partial charge on any atom is -0.493 e. The number of methoxy groups -OCH3 is 2. The predicted molar refractivity (Wildman–Crippen MR) is 125 cm³/mol. The summed E-state index contributed by atoms with van der Waals surface area (Å²) in [6, 6.07) is 7.70. The highest BCUT2D eigenvalue weighted by atomic mass is 16.6. The summed E-state index contributed by atoms with van der Waals surface area (Å²) in [5.74, 6) is 3.11. The molecule has 8 heteroatoms. The van der Waals surface area contributed by atoms with E-state index in [2.05, 4.69) is 28.0 Å². The molecule has 3 aliphatic rings. The molecule has 0 aliphatic carbocycles. The minimum atomic E-state index is -0.00613. The first-order chi connectivity index (χ1) is 16.1. The van der Waals surface area contributed by atoms with E-state index in [4.69, 9.17) is 23.5 Å². The molecule has 2 aromatic rings. The van der Waals surface area contributed by atoms with Crippen LogP contribution in [0.3, 0.4) is 0 Å². The highest BCUT2D eigenvalue weighted by Gasteiger charge is 2.41. The third-order valence-electron chi connectivity index (χ3n) is 6.57. The summed E-state index contributed by atoms with van der Waals surface area (Å²) in [5.41, 5.74) is 3.18. The lowest BCUT2D eigenvalue weighted by molar-refractivity contribution is 0.0101. The fourth-order valence-corrected chi connectivity index (χ4v) is 4.80. The van der Waals surface area contributed by atoms with Gasteiger partial charge in [0, 0.05) is 50.9 Å². The molecule has 1 aromatic heterocycles. The van der Waals surface area contributed by atoms with Gasteiger partial charge in [-0.25, -0.2) is 0 Å². The summed E-state index contributed by atoms with van der Waals surface area (Å²) < 4.78 is 22.4. The van der Waals surface area contributed by atoms with Gasteiger partial charge >= 0.3 is 0 Å². The molecule has 176 valence electrons. The van der Waals surface area contributed by atoms with Crippen LogP contribution in [-0.2, 0) is 4.84 Å². The van der Waals surface area contributed by atoms with Gasteiger partial charge in [0.15, 0.2) is 17.6 Å². The van der Waals surface area contributed by atoms with Crippen LogP contribution < -0.4 is 14.2 Å². The first-order valence-electron chi connectivity index (χ1n) is 11.4. The van der Waals surface area contributed by atoms with Gasteiger partial charge in [0.25, 0.3) is 0 Å². The Morgan fingerprint density at radius 1 is 1.12 bits per heavy atom. The van der Waals surface area contributed by atoms with E-state index in [1.54, 1.807) is 20.5 Å². The first kappa shape index (κ1) is 21.9. The molecule has 0 radical (unpaired) electrons. The van der Waals surface area contributed by atoms with Crippen LogP contribution >= 0.6 is 0 Å². The van der Waals surface area contributed by atoms with Gasteiger partial charge in [0.05, 0.1) is 26.4 Å². The van der Waals surface area contributed by atoms with Gasteiger partial charge in [-0.3, -0.25) is 9.80 Å². The molecule has 0 saturated carbocycles. The molecule has 5 rings (SSSR count). The van der Waals surface area contributed by atoms with Crippen LogP contribution in [0.5, 0.6) is 17.2 Å². The van der Waals surface area contributed by atoms with Crippen molar-refractivity contribution in [2.24, 2.45) is 11.1 Å². The number of furan rings is 1. The number of fused-ring (bicyclic) bond motifs is 3. The number of benzene rings is 1. The van der Waals surface area contributed by atoms with Crippen LogP contribution in [0.2, 0.25) is 0 Å². The van der Waals surface area contributed by atoms with Gasteiger partial charge in [0.2, 0.25) is 0 Å². The van der Waals surface area contributed by atoms with E-state index in [1.807, 2.05) is 24.3 Å². The van der Waals surface area contributed by atoms with Gasteiger partial charge in [0.1, 0.15) is 23.8 Å². The van der Waals surface area contributed by atoms with E-state index in [0.717, 1.165) is 62.1 Å². The second-order valence-electron chi connectivity index (χ2n) is 8.82. The summed E-state index contributed by atoms with van der Waals surface area (Å²) in [6.07, 6.45) is 3.82. The number of nitrogens with zero attached hydrogens (tertiary/aromatic N) is 3. The van der Waals surface area contributed by atoms with E-state index in [0.29, 0.717) is 18.1 Å². The lowest BCUT2D eigenvalue weighted by atomic mass is 9.90. The van der Waals surface area contributed by atoms with Gasteiger partial charge in [-0.05, 0) is 31.2 Å². The standard InChI is InChI=1S/C25H31N3O5/c1-17(11-18-5-4-10-31-18)14-27-6-8-28(9-7-27)15-24-20-16-32-21-13-23(30-3)22(29-2)12-19(21)25(20)26-33-24/h4-5,10-13,20,24H,6-9,14-16H2,1-3H3/b17-11+/t20-,24-/m0/s1. The molecule has 0 bridgehead atoms. The molecule has 4 heterocycles. The fourth-order valence-electron chi connectivity index (χ4n) is 4.80. The van der Waals surface area contributed by atoms with Crippen molar-refractivity contribution < 1.29 is 23.5 Å². The average Bonchev–Trinajstić information content (AvgIpc) is 3.49. The van der Waals surface area contributed by atoms with Crippen LogP contribution in [0.4, 0.5) is 0 Å². The van der Waals surface area contributed by atoms with E-state index in [9.17, 15) is 0 Å². The highest BCUT2D eigenvalue weighted by molar-refractivity contribution is 6.06. The van der Waals surface area contributed by atoms with Crippen LogP contribution in [0.15, 0.2) is 45.7 Å². The summed E-state index contributed by atoms with van der Waals surface area (Å²) >= 11 is 0. The largest absolute Gasteiger partial charge is 0.493 e. The summed E-state index contributed by atoms with van der Waals surface area (Å²) in [7, 11) is 3.26. The average molecular weight is 454 g/mol. The maximum Gasteiger partial charge on any atom is 0.164 e. The Balaban J connectivity index is 1.16.